The molecule has 2 amide bonds. The van der Waals surface area contributed by atoms with E-state index in [1.807, 2.05) is 18.2 Å². The van der Waals surface area contributed by atoms with E-state index in [1.165, 1.54) is 30.2 Å². The van der Waals surface area contributed by atoms with Crippen molar-refractivity contribution in [2.75, 3.05) is 31.9 Å². The van der Waals surface area contributed by atoms with Gasteiger partial charge >= 0.3 is 5.97 Å². The van der Waals surface area contributed by atoms with Crippen LogP contribution in [-0.4, -0.2) is 59.1 Å². The number of nitrogens with one attached hydrogen (secondary N) is 2. The highest BCUT2D eigenvalue weighted by molar-refractivity contribution is 7.99. The molecule has 0 radical (unpaired) electrons. The number of hydrogen-bond acceptors (Lipinski definition) is 10. The van der Waals surface area contributed by atoms with E-state index in [0.29, 0.717) is 44.3 Å². The number of carbonyl (C=O) groups excluding carboxylic acids is 3. The molecule has 0 atom stereocenters. The Labute approximate surface area is 256 Å². The van der Waals surface area contributed by atoms with Crippen LogP contribution in [0.4, 0.5) is 5.00 Å². The zero-order valence-corrected chi connectivity index (χ0v) is 25.6. The monoisotopic (exact) mass is 621 g/mol. The number of nitrogens with zero attached hydrogens (tertiary/aromatic N) is 3. The second-order valence-electron chi connectivity index (χ2n) is 9.41. The molecule has 2 aromatic heterocycles. The molecule has 0 saturated carbocycles. The molecule has 2 N–H and O–H groups in total. The predicted molar refractivity (Wildman–Crippen MR) is 164 cm³/mol. The van der Waals surface area contributed by atoms with E-state index in [9.17, 15) is 14.4 Å². The number of thioether (sulfide) groups is 1. The van der Waals surface area contributed by atoms with Gasteiger partial charge in [-0.05, 0) is 56.0 Å². The summed E-state index contributed by atoms with van der Waals surface area (Å²) in [6.07, 6.45) is 2.66. The molecule has 0 unspecified atom stereocenters. The van der Waals surface area contributed by atoms with E-state index < -0.39 is 5.97 Å². The molecule has 43 heavy (non-hydrogen) atoms. The van der Waals surface area contributed by atoms with Gasteiger partial charge in [0.25, 0.3) is 5.91 Å². The van der Waals surface area contributed by atoms with Gasteiger partial charge in [0.2, 0.25) is 5.91 Å². The summed E-state index contributed by atoms with van der Waals surface area (Å²) in [4.78, 5) is 39.9. The molecule has 1 aliphatic carbocycles. The van der Waals surface area contributed by atoms with Gasteiger partial charge in [-0.15, -0.1) is 21.5 Å². The quantitative estimate of drug-likeness (QED) is 0.171. The molecule has 2 aromatic carbocycles. The smallest absolute Gasteiger partial charge is 0.341 e. The van der Waals surface area contributed by atoms with Gasteiger partial charge in [0, 0.05) is 4.88 Å². The van der Waals surface area contributed by atoms with Gasteiger partial charge in [0.05, 0.1) is 49.9 Å². The SMILES string of the molecule is CCOC(=O)c1c(NC(=O)CSc2nnc(CNC(=O)c3ccccc3OC)n2-c2ccccc2OC)sc2c1CCC2. The number of fused-ring (bicyclic) bond motifs is 1. The van der Waals surface area contributed by atoms with Gasteiger partial charge in [0.15, 0.2) is 11.0 Å². The summed E-state index contributed by atoms with van der Waals surface area (Å²) in [6, 6.07) is 14.3. The first kappa shape index (κ1) is 30.1. The van der Waals surface area contributed by atoms with E-state index in [4.69, 9.17) is 14.2 Å². The molecule has 13 heteroatoms. The number of anilines is 1. The number of thiophene rings is 1. The van der Waals surface area contributed by atoms with E-state index >= 15 is 0 Å². The Balaban J connectivity index is 1.35. The standard InChI is InChI=1S/C30H31N5O6S2/c1-4-41-29(38)26-19-11-9-15-23(19)43-28(26)32-25(36)17-42-30-34-33-24(35(30)20-12-6-8-14-22(20)40-3)16-31-27(37)18-10-5-7-13-21(18)39-2/h5-8,10,12-14H,4,9,11,15-17H2,1-3H3,(H,31,37)(H,32,36). The Morgan fingerprint density at radius 2 is 1.74 bits per heavy atom. The summed E-state index contributed by atoms with van der Waals surface area (Å²) in [5.41, 5.74) is 2.48. The Kier molecular flexibility index (Phi) is 9.62. The maximum Gasteiger partial charge on any atom is 0.341 e. The third-order valence-electron chi connectivity index (χ3n) is 6.77. The van der Waals surface area contributed by atoms with E-state index in [0.717, 1.165) is 29.7 Å². The van der Waals surface area contributed by atoms with Crippen molar-refractivity contribution < 1.29 is 28.6 Å². The Bertz CT molecular complexity index is 1650. The molecule has 1 aliphatic rings. The summed E-state index contributed by atoms with van der Waals surface area (Å²) in [7, 11) is 3.07. The molecule has 5 rings (SSSR count). The lowest BCUT2D eigenvalue weighted by molar-refractivity contribution is -0.113. The summed E-state index contributed by atoms with van der Waals surface area (Å²) in [5, 5.41) is 15.4. The highest BCUT2D eigenvalue weighted by atomic mass is 32.2. The molecule has 0 spiro atoms. The fourth-order valence-corrected chi connectivity index (χ4v) is 6.91. The third-order valence-corrected chi connectivity index (χ3v) is 8.91. The number of carbonyl (C=O) groups is 3. The van der Waals surface area contributed by atoms with Gasteiger partial charge in [0.1, 0.15) is 16.5 Å². The number of methoxy groups -OCH3 is 2. The lowest BCUT2D eigenvalue weighted by Crippen LogP contribution is -2.25. The highest BCUT2D eigenvalue weighted by Gasteiger charge is 2.28. The first-order chi connectivity index (χ1) is 20.9. The summed E-state index contributed by atoms with van der Waals surface area (Å²) < 4.78 is 17.9. The van der Waals surface area contributed by atoms with Crippen molar-refractivity contribution >= 4 is 45.9 Å². The van der Waals surface area contributed by atoms with Gasteiger partial charge in [-0.25, -0.2) is 4.79 Å². The summed E-state index contributed by atoms with van der Waals surface area (Å²) in [6.45, 7) is 2.07. The van der Waals surface area contributed by atoms with Crippen LogP contribution in [0.25, 0.3) is 5.69 Å². The molecule has 224 valence electrons. The van der Waals surface area contributed by atoms with E-state index in [-0.39, 0.29) is 30.7 Å². The highest BCUT2D eigenvalue weighted by Crippen LogP contribution is 2.39. The molecule has 0 aliphatic heterocycles. The van der Waals surface area contributed by atoms with Gasteiger partial charge in [-0.1, -0.05) is 36.0 Å². The summed E-state index contributed by atoms with van der Waals surface area (Å²) in [5.74, 6) is 0.423. The van der Waals surface area contributed by atoms with Crippen LogP contribution in [0, 0.1) is 0 Å². The average molecular weight is 622 g/mol. The number of aromatic nitrogens is 3. The number of aryl methyl sites for hydroxylation is 1. The van der Waals surface area contributed by atoms with Crippen LogP contribution in [0.2, 0.25) is 0 Å². The second-order valence-corrected chi connectivity index (χ2v) is 11.5. The number of benzene rings is 2. The molecule has 0 bridgehead atoms. The maximum absolute atomic E-state index is 13.1. The van der Waals surface area contributed by atoms with Crippen LogP contribution in [0.5, 0.6) is 11.5 Å². The lowest BCUT2D eigenvalue weighted by atomic mass is 10.1. The second kappa shape index (κ2) is 13.7. The Morgan fingerprint density at radius 3 is 2.51 bits per heavy atom. The van der Waals surface area contributed by atoms with Crippen LogP contribution < -0.4 is 20.1 Å². The lowest BCUT2D eigenvalue weighted by Gasteiger charge is -2.14. The number of amides is 2. The van der Waals surface area contributed by atoms with Crippen LogP contribution in [0.3, 0.4) is 0 Å². The summed E-state index contributed by atoms with van der Waals surface area (Å²) >= 11 is 2.61. The average Bonchev–Trinajstić information content (AvgIpc) is 3.73. The van der Waals surface area contributed by atoms with E-state index in [2.05, 4.69) is 20.8 Å². The van der Waals surface area contributed by atoms with Gasteiger partial charge < -0.3 is 24.8 Å². The van der Waals surface area contributed by atoms with Crippen molar-refractivity contribution in [2.45, 2.75) is 37.9 Å². The van der Waals surface area contributed by atoms with Crippen molar-refractivity contribution in [3.05, 3.63) is 75.9 Å². The van der Waals surface area contributed by atoms with Crippen molar-refractivity contribution in [3.8, 4) is 17.2 Å². The van der Waals surface area contributed by atoms with E-state index in [1.54, 1.807) is 48.9 Å². The van der Waals surface area contributed by atoms with Crippen molar-refractivity contribution in [3.63, 3.8) is 0 Å². The van der Waals surface area contributed by atoms with Gasteiger partial charge in [-0.3, -0.25) is 14.2 Å². The molecule has 11 nitrogen and oxygen atoms in total. The van der Waals surface area contributed by atoms with Crippen molar-refractivity contribution in [1.29, 1.82) is 0 Å². The topological polar surface area (TPSA) is 134 Å². The number of hydrogen-bond donors (Lipinski definition) is 2. The number of esters is 1. The maximum atomic E-state index is 13.1. The Morgan fingerprint density at radius 1 is 1.00 bits per heavy atom. The third kappa shape index (κ3) is 6.52. The minimum absolute atomic E-state index is 0.00564. The zero-order chi connectivity index (χ0) is 30.3. The number of ether oxygens (including phenoxy) is 3. The molecule has 2 heterocycles. The molecular weight excluding hydrogens is 590 g/mol. The molecule has 4 aromatic rings. The minimum Gasteiger partial charge on any atom is -0.496 e. The van der Waals surface area contributed by atoms with Gasteiger partial charge in [-0.2, -0.15) is 0 Å². The normalized spacial score (nSPS) is 12.0. The zero-order valence-electron chi connectivity index (χ0n) is 24.0. The molecular formula is C30H31N5O6S2. The molecule has 0 fully saturated rings. The van der Waals surface area contributed by atoms with Crippen molar-refractivity contribution in [1.82, 2.24) is 20.1 Å². The largest absolute Gasteiger partial charge is 0.496 e. The Hall–Kier alpha value is -4.36. The number of para-hydroxylation sites is 3. The van der Waals surface area contributed by atoms with Crippen molar-refractivity contribution in [2.24, 2.45) is 0 Å². The minimum atomic E-state index is -0.416. The molecule has 0 saturated heterocycles. The fraction of sp³-hybridized carbons (Fsp3) is 0.300. The predicted octanol–water partition coefficient (Wildman–Crippen LogP) is 4.67. The van der Waals surface area contributed by atoms with Crippen LogP contribution >= 0.6 is 23.1 Å². The van der Waals surface area contributed by atoms with Crippen LogP contribution in [-0.2, 0) is 28.9 Å². The first-order valence-corrected chi connectivity index (χ1v) is 15.5. The van der Waals surface area contributed by atoms with Crippen LogP contribution in [0.15, 0.2) is 53.7 Å². The first-order valence-electron chi connectivity index (χ1n) is 13.7. The fourth-order valence-electron chi connectivity index (χ4n) is 4.86. The van der Waals surface area contributed by atoms with Crippen LogP contribution in [0.1, 0.15) is 50.3 Å². The number of rotatable bonds is 12.